The minimum absolute atomic E-state index is 0.198. The van der Waals surface area contributed by atoms with Crippen LogP contribution in [0.5, 0.6) is 0 Å². The Morgan fingerprint density at radius 2 is 1.89 bits per heavy atom. The molecular formula is C25H23ClF3N5O. The second kappa shape index (κ2) is 8.41. The largest absolute Gasteiger partial charge is 0.326 e. The molecule has 1 aliphatic rings. The predicted octanol–water partition coefficient (Wildman–Crippen LogP) is 5.65. The molecule has 0 saturated heterocycles. The number of benzene rings is 1. The number of amides is 1. The van der Waals surface area contributed by atoms with Gasteiger partial charge in [0.25, 0.3) is 5.91 Å². The van der Waals surface area contributed by atoms with Gasteiger partial charge in [0.05, 0.1) is 23.1 Å². The van der Waals surface area contributed by atoms with Crippen molar-refractivity contribution in [3.8, 4) is 11.3 Å². The molecule has 5 rings (SSSR count). The van der Waals surface area contributed by atoms with E-state index in [0.717, 1.165) is 17.7 Å². The number of carbonyl (C=O) groups is 1. The predicted molar refractivity (Wildman–Crippen MR) is 126 cm³/mol. The van der Waals surface area contributed by atoms with E-state index in [2.05, 4.69) is 10.1 Å². The van der Waals surface area contributed by atoms with Crippen LogP contribution in [0, 0.1) is 24.4 Å². The van der Waals surface area contributed by atoms with Crippen LogP contribution in [-0.4, -0.2) is 36.0 Å². The average Bonchev–Trinajstić information content (AvgIpc) is 3.33. The Morgan fingerprint density at radius 1 is 1.20 bits per heavy atom. The van der Waals surface area contributed by atoms with Gasteiger partial charge in [-0.2, -0.15) is 5.10 Å². The Hall–Kier alpha value is -3.33. The zero-order valence-corrected chi connectivity index (χ0v) is 20.4. The third-order valence-electron chi connectivity index (χ3n) is 6.76. The molecule has 182 valence electrons. The second-order valence-corrected chi connectivity index (χ2v) is 9.22. The van der Waals surface area contributed by atoms with Crippen molar-refractivity contribution in [2.45, 2.75) is 45.7 Å². The van der Waals surface area contributed by atoms with Crippen LogP contribution in [0.25, 0.3) is 16.9 Å². The molecule has 1 aliphatic heterocycles. The van der Waals surface area contributed by atoms with Gasteiger partial charge in [0.2, 0.25) is 0 Å². The van der Waals surface area contributed by atoms with E-state index >= 15 is 0 Å². The van der Waals surface area contributed by atoms with E-state index in [1.807, 2.05) is 13.8 Å². The maximum Gasteiger partial charge on any atom is 0.273 e. The minimum atomic E-state index is -1.51. The van der Waals surface area contributed by atoms with Crippen LogP contribution in [0.4, 0.5) is 13.2 Å². The smallest absolute Gasteiger partial charge is 0.273 e. The number of hydrogen-bond donors (Lipinski definition) is 0. The van der Waals surface area contributed by atoms with Crippen LogP contribution >= 0.6 is 11.6 Å². The Labute approximate surface area is 204 Å². The van der Waals surface area contributed by atoms with Gasteiger partial charge in [-0.1, -0.05) is 24.6 Å². The third kappa shape index (κ3) is 3.52. The number of imidazole rings is 1. The molecule has 3 aromatic heterocycles. The van der Waals surface area contributed by atoms with E-state index < -0.39 is 23.5 Å². The number of nitrogens with zero attached hydrogens (tertiary/aromatic N) is 5. The van der Waals surface area contributed by atoms with Crippen molar-refractivity contribution in [3.05, 3.63) is 75.6 Å². The highest BCUT2D eigenvalue weighted by molar-refractivity contribution is 6.30. The van der Waals surface area contributed by atoms with E-state index in [4.69, 9.17) is 11.6 Å². The monoisotopic (exact) mass is 501 g/mol. The van der Waals surface area contributed by atoms with Gasteiger partial charge < -0.3 is 4.90 Å². The molecule has 2 unspecified atom stereocenters. The Balaban J connectivity index is 1.63. The lowest BCUT2D eigenvalue weighted by Crippen LogP contribution is -2.46. The quantitative estimate of drug-likeness (QED) is 0.269. The third-order valence-corrected chi connectivity index (χ3v) is 7.05. The summed E-state index contributed by atoms with van der Waals surface area (Å²) in [6.45, 7) is 5.62. The van der Waals surface area contributed by atoms with Gasteiger partial charge >= 0.3 is 0 Å². The number of aryl methyl sites for hydroxylation is 2. The average molecular weight is 502 g/mol. The Morgan fingerprint density at radius 3 is 2.54 bits per heavy atom. The number of hydrogen-bond acceptors (Lipinski definition) is 3. The van der Waals surface area contributed by atoms with Crippen molar-refractivity contribution >= 4 is 23.2 Å². The first kappa shape index (κ1) is 23.4. The van der Waals surface area contributed by atoms with Crippen LogP contribution in [0.15, 0.2) is 30.3 Å². The molecule has 4 heterocycles. The van der Waals surface area contributed by atoms with Gasteiger partial charge in [0.1, 0.15) is 16.5 Å². The number of fused-ring (bicyclic) bond motifs is 2. The molecule has 35 heavy (non-hydrogen) atoms. The van der Waals surface area contributed by atoms with Gasteiger partial charge in [-0.3, -0.25) is 13.9 Å². The van der Waals surface area contributed by atoms with E-state index in [-0.39, 0.29) is 17.5 Å². The number of rotatable bonds is 3. The van der Waals surface area contributed by atoms with Crippen LogP contribution in [-0.2, 0) is 13.5 Å². The summed E-state index contributed by atoms with van der Waals surface area (Å²) in [5.74, 6) is -4.26. The van der Waals surface area contributed by atoms with Crippen molar-refractivity contribution in [1.29, 1.82) is 0 Å². The first-order valence-electron chi connectivity index (χ1n) is 11.3. The highest BCUT2D eigenvalue weighted by Gasteiger charge is 2.40. The second-order valence-electron chi connectivity index (χ2n) is 8.83. The van der Waals surface area contributed by atoms with E-state index in [0.29, 0.717) is 46.4 Å². The molecule has 10 heteroatoms. The Kier molecular flexibility index (Phi) is 5.62. The van der Waals surface area contributed by atoms with Gasteiger partial charge in [0, 0.05) is 24.2 Å². The molecule has 0 saturated carbocycles. The molecule has 6 nitrogen and oxygen atoms in total. The van der Waals surface area contributed by atoms with E-state index in [9.17, 15) is 18.0 Å². The maximum atomic E-state index is 14.0. The molecule has 0 bridgehead atoms. The summed E-state index contributed by atoms with van der Waals surface area (Å²) in [6, 6.07) is 6.57. The van der Waals surface area contributed by atoms with E-state index in [1.165, 1.54) is 4.68 Å². The number of carbonyl (C=O) groups excluding carboxylic acids is 1. The van der Waals surface area contributed by atoms with Gasteiger partial charge in [0.15, 0.2) is 17.5 Å². The number of halogens is 4. The SMILES string of the molecule is CCC1Cc2c(nn(C)c2-c2cc(F)c(F)c(F)c2)C(C)N1C(=O)c1c(C)nc2cccc(Cl)n12. The van der Waals surface area contributed by atoms with Crippen molar-refractivity contribution in [2.75, 3.05) is 0 Å². The first-order valence-corrected chi connectivity index (χ1v) is 11.7. The van der Waals surface area contributed by atoms with Crippen molar-refractivity contribution in [1.82, 2.24) is 24.1 Å². The summed E-state index contributed by atoms with van der Waals surface area (Å²) in [7, 11) is 1.67. The van der Waals surface area contributed by atoms with Crippen molar-refractivity contribution in [2.24, 2.45) is 7.05 Å². The van der Waals surface area contributed by atoms with Gasteiger partial charge in [-0.05, 0) is 51.0 Å². The van der Waals surface area contributed by atoms with Gasteiger partial charge in [-0.15, -0.1) is 0 Å². The highest BCUT2D eigenvalue weighted by atomic mass is 35.5. The molecule has 0 N–H and O–H groups in total. The molecule has 0 spiro atoms. The summed E-state index contributed by atoms with van der Waals surface area (Å²) < 4.78 is 44.8. The fourth-order valence-corrected chi connectivity index (χ4v) is 5.43. The molecule has 0 fully saturated rings. The fraction of sp³-hybridized carbons (Fsp3) is 0.320. The van der Waals surface area contributed by atoms with Crippen LogP contribution in [0.1, 0.15) is 53.7 Å². The van der Waals surface area contributed by atoms with Gasteiger partial charge in [-0.25, -0.2) is 18.2 Å². The molecule has 4 aromatic rings. The minimum Gasteiger partial charge on any atom is -0.326 e. The summed E-state index contributed by atoms with van der Waals surface area (Å²) in [5, 5.41) is 4.99. The number of aromatic nitrogens is 4. The lowest BCUT2D eigenvalue weighted by Gasteiger charge is -2.40. The molecule has 0 radical (unpaired) electrons. The molecule has 1 aromatic carbocycles. The van der Waals surface area contributed by atoms with E-state index in [1.54, 1.807) is 41.5 Å². The van der Waals surface area contributed by atoms with Crippen LogP contribution in [0.2, 0.25) is 5.15 Å². The lowest BCUT2D eigenvalue weighted by molar-refractivity contribution is 0.0537. The topological polar surface area (TPSA) is 55.4 Å². The van der Waals surface area contributed by atoms with Crippen LogP contribution in [0.3, 0.4) is 0 Å². The summed E-state index contributed by atoms with van der Waals surface area (Å²) in [6.07, 6.45) is 1.06. The first-order chi connectivity index (χ1) is 16.6. The zero-order chi connectivity index (χ0) is 25.2. The Bertz CT molecular complexity index is 1470. The zero-order valence-electron chi connectivity index (χ0n) is 19.6. The maximum absolute atomic E-state index is 14.0. The fourth-order valence-electron chi connectivity index (χ4n) is 5.18. The highest BCUT2D eigenvalue weighted by Crippen LogP contribution is 2.40. The molecule has 0 aliphatic carbocycles. The standard InChI is InChI=1S/C25H23ClF3N5O/c1-5-15-11-16-22(31-32(4)24(16)14-9-17(27)21(29)18(28)10-14)13(3)33(15)25(35)23-12(2)30-20-8-6-7-19(26)34(20)23/h6-10,13,15H,5,11H2,1-4H3. The summed E-state index contributed by atoms with van der Waals surface area (Å²) in [5.41, 5.74) is 3.65. The van der Waals surface area contributed by atoms with Crippen molar-refractivity contribution in [3.63, 3.8) is 0 Å². The normalized spacial score (nSPS) is 17.8. The van der Waals surface area contributed by atoms with Crippen LogP contribution < -0.4 is 0 Å². The lowest BCUT2D eigenvalue weighted by atomic mass is 9.89. The molecular weight excluding hydrogens is 479 g/mol. The van der Waals surface area contributed by atoms with Crippen molar-refractivity contribution < 1.29 is 18.0 Å². The number of pyridine rings is 1. The summed E-state index contributed by atoms with van der Waals surface area (Å²) in [4.78, 5) is 20.2. The molecule has 2 atom stereocenters. The summed E-state index contributed by atoms with van der Waals surface area (Å²) >= 11 is 6.42. The molecule has 1 amide bonds.